The fourth-order valence-electron chi connectivity index (χ4n) is 3.31. The number of hydrogen-bond acceptors (Lipinski definition) is 4. The summed E-state index contributed by atoms with van der Waals surface area (Å²) < 4.78 is 0. The highest BCUT2D eigenvalue weighted by molar-refractivity contribution is 5.98. The van der Waals surface area contributed by atoms with Crippen molar-refractivity contribution in [2.75, 3.05) is 26.2 Å². The summed E-state index contributed by atoms with van der Waals surface area (Å²) in [5.74, 6) is 0.116. The number of piperazine rings is 1. The Labute approximate surface area is 161 Å². The highest BCUT2D eigenvalue weighted by atomic mass is 16.2. The van der Waals surface area contributed by atoms with Crippen molar-refractivity contribution in [1.82, 2.24) is 14.8 Å². The van der Waals surface area contributed by atoms with E-state index in [1.807, 2.05) is 61.3 Å². The van der Waals surface area contributed by atoms with Crippen molar-refractivity contribution in [1.29, 1.82) is 0 Å². The van der Waals surface area contributed by atoms with Gasteiger partial charge in [-0.1, -0.05) is 18.2 Å². The molecule has 27 heavy (non-hydrogen) atoms. The van der Waals surface area contributed by atoms with Crippen LogP contribution in [0.2, 0.25) is 0 Å². The van der Waals surface area contributed by atoms with Crippen LogP contribution in [0, 0.1) is 13.8 Å². The molecule has 142 valence electrons. The molecule has 1 aliphatic heterocycles. The van der Waals surface area contributed by atoms with Gasteiger partial charge in [-0.05, 0) is 43.2 Å². The lowest BCUT2D eigenvalue weighted by molar-refractivity contribution is -0.133. The molecule has 1 aromatic carbocycles. The lowest BCUT2D eigenvalue weighted by Crippen LogP contribution is -2.48. The first-order chi connectivity index (χ1) is 13.0. The number of amides is 1. The highest BCUT2D eigenvalue weighted by Crippen LogP contribution is 2.14. The van der Waals surface area contributed by atoms with Gasteiger partial charge >= 0.3 is 0 Å². The number of carbonyl (C=O) groups excluding carboxylic acids is 2. The van der Waals surface area contributed by atoms with Crippen LogP contribution in [0.25, 0.3) is 0 Å². The molecule has 1 amide bonds. The monoisotopic (exact) mass is 365 g/mol. The van der Waals surface area contributed by atoms with Crippen molar-refractivity contribution in [3.63, 3.8) is 0 Å². The molecule has 1 aromatic heterocycles. The number of pyridine rings is 1. The predicted octanol–water partition coefficient (Wildman–Crippen LogP) is 3.01. The summed E-state index contributed by atoms with van der Waals surface area (Å²) in [4.78, 5) is 33.4. The Bertz CT molecular complexity index is 796. The van der Waals surface area contributed by atoms with Crippen LogP contribution >= 0.6 is 0 Å². The zero-order valence-electron chi connectivity index (χ0n) is 16.1. The highest BCUT2D eigenvalue weighted by Gasteiger charge is 2.22. The van der Waals surface area contributed by atoms with Gasteiger partial charge < -0.3 is 4.90 Å². The van der Waals surface area contributed by atoms with Gasteiger partial charge in [-0.25, -0.2) is 0 Å². The Kier molecular flexibility index (Phi) is 6.35. The van der Waals surface area contributed by atoms with Crippen LogP contribution in [0.1, 0.15) is 40.0 Å². The van der Waals surface area contributed by atoms with Gasteiger partial charge in [0.1, 0.15) is 0 Å². The number of ketones is 1. The zero-order chi connectivity index (χ0) is 19.2. The van der Waals surface area contributed by atoms with Gasteiger partial charge in [0.05, 0.1) is 5.69 Å². The Hall–Kier alpha value is -2.53. The lowest BCUT2D eigenvalue weighted by atomic mass is 10.0. The second kappa shape index (κ2) is 8.91. The maximum Gasteiger partial charge on any atom is 0.223 e. The van der Waals surface area contributed by atoms with Crippen LogP contribution in [-0.2, 0) is 11.3 Å². The minimum Gasteiger partial charge on any atom is -0.340 e. The van der Waals surface area contributed by atoms with Crippen molar-refractivity contribution >= 4 is 11.7 Å². The smallest absolute Gasteiger partial charge is 0.223 e. The van der Waals surface area contributed by atoms with E-state index in [1.54, 1.807) is 0 Å². The fourth-order valence-corrected chi connectivity index (χ4v) is 3.31. The number of Topliss-reactive ketones (excluding diaryl/α,β-unsaturated/α-hetero) is 1. The third kappa shape index (κ3) is 5.23. The molecule has 0 unspecified atom stereocenters. The Morgan fingerprint density at radius 3 is 2.41 bits per heavy atom. The van der Waals surface area contributed by atoms with Gasteiger partial charge in [0, 0.05) is 57.3 Å². The average molecular weight is 365 g/mol. The normalized spacial score (nSPS) is 15.0. The van der Waals surface area contributed by atoms with Gasteiger partial charge in [-0.3, -0.25) is 19.5 Å². The molecule has 0 aliphatic carbocycles. The van der Waals surface area contributed by atoms with Gasteiger partial charge in [0.2, 0.25) is 5.91 Å². The molecule has 3 rings (SSSR count). The molecule has 5 heteroatoms. The van der Waals surface area contributed by atoms with Crippen LogP contribution in [-0.4, -0.2) is 52.7 Å². The van der Waals surface area contributed by atoms with Gasteiger partial charge in [-0.15, -0.1) is 0 Å². The van der Waals surface area contributed by atoms with E-state index in [1.165, 1.54) is 5.56 Å². The van der Waals surface area contributed by atoms with Crippen molar-refractivity contribution in [2.45, 2.75) is 33.2 Å². The van der Waals surface area contributed by atoms with Crippen molar-refractivity contribution in [2.24, 2.45) is 0 Å². The summed E-state index contributed by atoms with van der Waals surface area (Å²) >= 11 is 0. The summed E-state index contributed by atoms with van der Waals surface area (Å²) in [6.07, 6.45) is 2.36. The molecule has 0 saturated carbocycles. The fraction of sp³-hybridized carbons (Fsp3) is 0.409. The minimum atomic E-state index is 0.0419. The van der Waals surface area contributed by atoms with Crippen molar-refractivity contribution < 1.29 is 9.59 Å². The molecule has 1 fully saturated rings. The van der Waals surface area contributed by atoms with E-state index in [9.17, 15) is 9.59 Å². The SMILES string of the molecule is Cc1ccc(C(=O)CCC(=O)N2CCN(Cc3ccccn3)CC2)cc1C. The maximum absolute atomic E-state index is 12.5. The van der Waals surface area contributed by atoms with E-state index in [-0.39, 0.29) is 24.5 Å². The molecule has 5 nitrogen and oxygen atoms in total. The van der Waals surface area contributed by atoms with Crippen LogP contribution in [0.5, 0.6) is 0 Å². The van der Waals surface area contributed by atoms with Gasteiger partial charge in [0.15, 0.2) is 5.78 Å². The topological polar surface area (TPSA) is 53.5 Å². The molecule has 0 spiro atoms. The second-order valence-electron chi connectivity index (χ2n) is 7.20. The lowest BCUT2D eigenvalue weighted by Gasteiger charge is -2.34. The molecule has 2 aromatic rings. The van der Waals surface area contributed by atoms with Crippen LogP contribution in [0.15, 0.2) is 42.6 Å². The summed E-state index contributed by atoms with van der Waals surface area (Å²) in [5.41, 5.74) is 4.03. The number of nitrogens with zero attached hydrogens (tertiary/aromatic N) is 3. The van der Waals surface area contributed by atoms with Crippen LogP contribution in [0.4, 0.5) is 0 Å². The molecule has 1 saturated heterocycles. The van der Waals surface area contributed by atoms with E-state index in [4.69, 9.17) is 0 Å². The number of carbonyl (C=O) groups is 2. The van der Waals surface area contributed by atoms with E-state index < -0.39 is 0 Å². The van der Waals surface area contributed by atoms with E-state index >= 15 is 0 Å². The van der Waals surface area contributed by atoms with Crippen LogP contribution < -0.4 is 0 Å². The molecular weight excluding hydrogens is 338 g/mol. The van der Waals surface area contributed by atoms with E-state index in [0.717, 1.165) is 30.9 Å². The number of benzene rings is 1. The third-order valence-electron chi connectivity index (χ3n) is 5.23. The molecule has 1 aliphatic rings. The Morgan fingerprint density at radius 1 is 0.963 bits per heavy atom. The zero-order valence-corrected chi connectivity index (χ0v) is 16.1. The number of aromatic nitrogens is 1. The molecule has 0 atom stereocenters. The summed E-state index contributed by atoms with van der Waals surface area (Å²) in [5, 5.41) is 0. The predicted molar refractivity (Wildman–Crippen MR) is 106 cm³/mol. The first-order valence-corrected chi connectivity index (χ1v) is 9.53. The molecule has 0 bridgehead atoms. The average Bonchev–Trinajstić information content (AvgIpc) is 2.69. The standard InChI is InChI=1S/C22H27N3O2/c1-17-6-7-19(15-18(17)2)21(26)8-9-22(27)25-13-11-24(12-14-25)16-20-5-3-4-10-23-20/h3-7,10,15H,8-9,11-14,16H2,1-2H3. The maximum atomic E-state index is 12.5. The summed E-state index contributed by atoms with van der Waals surface area (Å²) in [7, 11) is 0. The molecular formula is C22H27N3O2. The largest absolute Gasteiger partial charge is 0.340 e. The molecule has 2 heterocycles. The van der Waals surface area contributed by atoms with E-state index in [2.05, 4.69) is 9.88 Å². The summed E-state index contributed by atoms with van der Waals surface area (Å²) in [6, 6.07) is 11.7. The first-order valence-electron chi connectivity index (χ1n) is 9.53. The number of hydrogen-bond donors (Lipinski definition) is 0. The van der Waals surface area contributed by atoms with Crippen molar-refractivity contribution in [3.8, 4) is 0 Å². The van der Waals surface area contributed by atoms with E-state index in [0.29, 0.717) is 18.7 Å². The third-order valence-corrected chi connectivity index (χ3v) is 5.23. The number of rotatable bonds is 6. The second-order valence-corrected chi connectivity index (χ2v) is 7.20. The minimum absolute atomic E-state index is 0.0419. The Balaban J connectivity index is 1.44. The van der Waals surface area contributed by atoms with Gasteiger partial charge in [-0.2, -0.15) is 0 Å². The molecule has 0 radical (unpaired) electrons. The number of aryl methyl sites for hydroxylation is 2. The van der Waals surface area contributed by atoms with Crippen LogP contribution in [0.3, 0.4) is 0 Å². The summed E-state index contributed by atoms with van der Waals surface area (Å²) in [6.45, 7) is 7.95. The van der Waals surface area contributed by atoms with Gasteiger partial charge in [0.25, 0.3) is 0 Å². The quantitative estimate of drug-likeness (QED) is 0.739. The van der Waals surface area contributed by atoms with Crippen molar-refractivity contribution in [3.05, 3.63) is 65.0 Å². The first kappa shape index (κ1) is 19.2. The Morgan fingerprint density at radius 2 is 1.74 bits per heavy atom. The molecule has 0 N–H and O–H groups in total.